The number of nitrogens with zero attached hydrogens (tertiary/aromatic N) is 1. The highest BCUT2D eigenvalue weighted by Crippen LogP contribution is 2.30. The molecule has 0 fully saturated rings. The number of hydrogen-bond donors (Lipinski definition) is 0. The van der Waals surface area contributed by atoms with Crippen molar-refractivity contribution in [3.05, 3.63) is 37.0 Å². The van der Waals surface area contributed by atoms with Crippen molar-refractivity contribution in [2.75, 3.05) is 0 Å². The van der Waals surface area contributed by atoms with Crippen molar-refractivity contribution in [1.82, 2.24) is 0 Å². The summed E-state index contributed by atoms with van der Waals surface area (Å²) in [5.41, 5.74) is -2.18. The fraction of sp³-hybridized carbons (Fsp3) is 0.500. The van der Waals surface area contributed by atoms with E-state index in [0.717, 1.165) is 6.92 Å². The summed E-state index contributed by atoms with van der Waals surface area (Å²) in [6.07, 6.45) is -6.32. The zero-order valence-corrected chi connectivity index (χ0v) is 11.6. The van der Waals surface area contributed by atoms with Gasteiger partial charge < -0.3 is 0 Å². The molecular formula is C14H17F6N. The molecule has 0 radical (unpaired) electrons. The molecule has 0 aliphatic rings. The summed E-state index contributed by atoms with van der Waals surface area (Å²) >= 11 is 0. The maximum Gasteiger partial charge on any atom is 0.432 e. The Morgan fingerprint density at radius 2 is 1.67 bits per heavy atom. The van der Waals surface area contributed by atoms with E-state index in [1.807, 2.05) is 0 Å². The maximum atomic E-state index is 12.8. The van der Waals surface area contributed by atoms with Crippen LogP contribution in [-0.2, 0) is 0 Å². The average molecular weight is 313 g/mol. The highest BCUT2D eigenvalue weighted by molar-refractivity contribution is 5.99. The van der Waals surface area contributed by atoms with E-state index in [4.69, 9.17) is 0 Å². The molecule has 0 aliphatic carbocycles. The Balaban J connectivity index is 5.22. The number of alkyl halides is 6. The summed E-state index contributed by atoms with van der Waals surface area (Å²) in [5.74, 6) is 0. The Kier molecular flexibility index (Phi) is 7.46. The predicted molar refractivity (Wildman–Crippen MR) is 71.3 cm³/mol. The minimum atomic E-state index is -4.73. The number of halogens is 6. The Morgan fingerprint density at radius 1 is 1.10 bits per heavy atom. The molecule has 1 unspecified atom stereocenters. The molecule has 0 rings (SSSR count). The first kappa shape index (κ1) is 19.5. The van der Waals surface area contributed by atoms with Crippen LogP contribution in [-0.4, -0.2) is 24.1 Å². The lowest BCUT2D eigenvalue weighted by Crippen LogP contribution is -2.22. The standard InChI is InChI=1S/C14H17F6N/c1-4-6-7-8-11(13(15,16)17)9-10(3)21-12(5-2)14(18,19)20/h4-5,9-10H,1-2,6-8H2,3H3/b11-9+,21-12?. The topological polar surface area (TPSA) is 12.4 Å². The first-order chi connectivity index (χ1) is 9.52. The molecule has 7 heteroatoms. The lowest BCUT2D eigenvalue weighted by atomic mass is 10.1. The van der Waals surface area contributed by atoms with Crippen LogP contribution in [0.15, 0.2) is 42.0 Å². The third-order valence-electron chi connectivity index (χ3n) is 2.49. The molecule has 0 bridgehead atoms. The van der Waals surface area contributed by atoms with Gasteiger partial charge in [-0.15, -0.1) is 6.58 Å². The van der Waals surface area contributed by atoms with Crippen molar-refractivity contribution in [3.63, 3.8) is 0 Å². The molecular weight excluding hydrogens is 296 g/mol. The van der Waals surface area contributed by atoms with Crippen LogP contribution < -0.4 is 0 Å². The van der Waals surface area contributed by atoms with Gasteiger partial charge in [0.25, 0.3) is 0 Å². The van der Waals surface area contributed by atoms with Crippen molar-refractivity contribution in [2.24, 2.45) is 4.99 Å². The Bertz CT molecular complexity index is 414. The van der Waals surface area contributed by atoms with Gasteiger partial charge in [-0.1, -0.05) is 18.7 Å². The lowest BCUT2D eigenvalue weighted by Gasteiger charge is -2.14. The largest absolute Gasteiger partial charge is 0.432 e. The summed E-state index contributed by atoms with van der Waals surface area (Å²) in [7, 11) is 0. The van der Waals surface area contributed by atoms with E-state index in [1.165, 1.54) is 6.08 Å². The Morgan fingerprint density at radius 3 is 2.05 bits per heavy atom. The first-order valence-electron chi connectivity index (χ1n) is 6.18. The summed E-state index contributed by atoms with van der Waals surface area (Å²) < 4.78 is 75.7. The summed E-state index contributed by atoms with van der Waals surface area (Å²) in [6, 6.07) is -1.25. The predicted octanol–water partition coefficient (Wildman–Crippen LogP) is 5.41. The normalized spacial score (nSPS) is 15.8. The molecule has 0 saturated heterocycles. The second-order valence-corrected chi connectivity index (χ2v) is 4.33. The molecule has 120 valence electrons. The van der Waals surface area contributed by atoms with Crippen molar-refractivity contribution in [3.8, 4) is 0 Å². The average Bonchev–Trinajstić information content (AvgIpc) is 2.32. The van der Waals surface area contributed by atoms with Crippen LogP contribution in [0.5, 0.6) is 0 Å². The number of allylic oxidation sites excluding steroid dienone is 3. The van der Waals surface area contributed by atoms with Crippen molar-refractivity contribution in [2.45, 2.75) is 44.6 Å². The second kappa shape index (κ2) is 8.05. The van der Waals surface area contributed by atoms with E-state index in [-0.39, 0.29) is 12.8 Å². The van der Waals surface area contributed by atoms with Gasteiger partial charge >= 0.3 is 12.4 Å². The fourth-order valence-electron chi connectivity index (χ4n) is 1.55. The number of unbranched alkanes of at least 4 members (excludes halogenated alkanes) is 1. The molecule has 0 aromatic carbocycles. The van der Waals surface area contributed by atoms with E-state index in [2.05, 4.69) is 18.2 Å². The SMILES string of the molecule is C=CCCC/C(=C\C(C)N=C(C=C)C(F)(F)F)C(F)(F)F. The van der Waals surface area contributed by atoms with Crippen molar-refractivity contribution >= 4 is 5.71 Å². The quantitative estimate of drug-likeness (QED) is 0.258. The van der Waals surface area contributed by atoms with Crippen LogP contribution in [0, 0.1) is 0 Å². The molecule has 0 aromatic heterocycles. The van der Waals surface area contributed by atoms with Crippen LogP contribution in [0.3, 0.4) is 0 Å². The van der Waals surface area contributed by atoms with Gasteiger partial charge in [0, 0.05) is 5.57 Å². The van der Waals surface area contributed by atoms with E-state index < -0.39 is 29.7 Å². The molecule has 1 atom stereocenters. The van der Waals surface area contributed by atoms with Crippen LogP contribution >= 0.6 is 0 Å². The minimum Gasteiger partial charge on any atom is -0.273 e. The van der Waals surface area contributed by atoms with Crippen LogP contribution in [0.2, 0.25) is 0 Å². The van der Waals surface area contributed by atoms with Crippen molar-refractivity contribution in [1.29, 1.82) is 0 Å². The van der Waals surface area contributed by atoms with Crippen LogP contribution in [0.1, 0.15) is 26.2 Å². The van der Waals surface area contributed by atoms with Gasteiger partial charge in [-0.05, 0) is 32.3 Å². The molecule has 0 saturated carbocycles. The van der Waals surface area contributed by atoms with Gasteiger partial charge in [0.15, 0.2) is 0 Å². The highest BCUT2D eigenvalue weighted by atomic mass is 19.4. The van der Waals surface area contributed by atoms with Crippen LogP contribution in [0.25, 0.3) is 0 Å². The molecule has 0 N–H and O–H groups in total. The van der Waals surface area contributed by atoms with Gasteiger partial charge in [0.05, 0.1) is 6.04 Å². The van der Waals surface area contributed by atoms with Crippen molar-refractivity contribution < 1.29 is 26.3 Å². The van der Waals surface area contributed by atoms with E-state index in [9.17, 15) is 26.3 Å². The summed E-state index contributed by atoms with van der Waals surface area (Å²) in [4.78, 5) is 3.22. The van der Waals surface area contributed by atoms with Gasteiger partial charge in [0.2, 0.25) is 0 Å². The smallest absolute Gasteiger partial charge is 0.273 e. The van der Waals surface area contributed by atoms with E-state index in [0.29, 0.717) is 18.6 Å². The summed E-state index contributed by atoms with van der Waals surface area (Å²) in [6.45, 7) is 7.53. The third kappa shape index (κ3) is 7.72. The van der Waals surface area contributed by atoms with Gasteiger partial charge in [-0.3, -0.25) is 4.99 Å². The molecule has 0 spiro atoms. The number of rotatable bonds is 7. The first-order valence-corrected chi connectivity index (χ1v) is 6.18. The lowest BCUT2D eigenvalue weighted by molar-refractivity contribution is -0.0944. The minimum absolute atomic E-state index is 0.221. The number of hydrogen-bond acceptors (Lipinski definition) is 1. The number of aliphatic imine (C=N–C) groups is 1. The fourth-order valence-corrected chi connectivity index (χ4v) is 1.55. The zero-order chi connectivity index (χ0) is 16.7. The third-order valence-corrected chi connectivity index (χ3v) is 2.49. The molecule has 0 aliphatic heterocycles. The molecule has 21 heavy (non-hydrogen) atoms. The van der Waals surface area contributed by atoms with Crippen LogP contribution in [0.4, 0.5) is 26.3 Å². The molecule has 0 amide bonds. The van der Waals surface area contributed by atoms with Gasteiger partial charge in [0.1, 0.15) is 5.71 Å². The van der Waals surface area contributed by atoms with E-state index >= 15 is 0 Å². The monoisotopic (exact) mass is 313 g/mol. The second-order valence-electron chi connectivity index (χ2n) is 4.33. The Labute approximate surface area is 119 Å². The molecule has 0 aromatic rings. The van der Waals surface area contributed by atoms with Gasteiger partial charge in [-0.25, -0.2) is 0 Å². The maximum absolute atomic E-state index is 12.8. The van der Waals surface area contributed by atoms with Gasteiger partial charge in [-0.2, -0.15) is 26.3 Å². The highest BCUT2D eigenvalue weighted by Gasteiger charge is 2.35. The van der Waals surface area contributed by atoms with E-state index in [1.54, 1.807) is 0 Å². The molecule has 1 nitrogen and oxygen atoms in total. The zero-order valence-electron chi connectivity index (χ0n) is 11.6. The Hall–Kier alpha value is -1.53. The molecule has 0 heterocycles. The summed E-state index contributed by atoms with van der Waals surface area (Å²) in [5, 5.41) is 0.